The number of hydrogen-bond donors (Lipinski definition) is 1. The molecule has 0 saturated carbocycles. The van der Waals surface area contributed by atoms with Gasteiger partial charge in [0.15, 0.2) is 11.8 Å². The topological polar surface area (TPSA) is 77.8 Å². The molecule has 0 saturated heterocycles. The van der Waals surface area contributed by atoms with E-state index in [0.29, 0.717) is 17.7 Å². The van der Waals surface area contributed by atoms with Crippen molar-refractivity contribution in [1.82, 2.24) is 5.32 Å². The molecule has 36 heavy (non-hydrogen) atoms. The van der Waals surface area contributed by atoms with Gasteiger partial charge >= 0.3 is 5.97 Å². The molecule has 0 spiro atoms. The second kappa shape index (κ2) is 10.2. The fraction of sp³-hybridized carbons (Fsp3) is 0.400. The zero-order chi connectivity index (χ0) is 26.0. The first-order valence-electron chi connectivity index (χ1n) is 12.5. The maximum absolute atomic E-state index is 13.0. The van der Waals surface area contributed by atoms with Crippen molar-refractivity contribution >= 4 is 11.9 Å². The van der Waals surface area contributed by atoms with E-state index in [2.05, 4.69) is 39.9 Å². The summed E-state index contributed by atoms with van der Waals surface area (Å²) in [5, 5.41) is 2.77. The molecule has 1 N–H and O–H groups in total. The molecule has 1 aromatic heterocycles. The minimum absolute atomic E-state index is 0.158. The first-order chi connectivity index (χ1) is 17.1. The standard InChI is InChI=1S/C30H35NO5/c1-7-34-29(33)26(21-11-9-8-10-12-21)31-28(32)25-14-13-22(35-25)17-24-18(2)19(3)27-23(20(24)4)15-16-30(5,6)36-27/h8-14,26H,7,15-17H2,1-6H3,(H,31,32)/t26-/m1/s1. The minimum atomic E-state index is -0.913. The Labute approximate surface area is 213 Å². The van der Waals surface area contributed by atoms with Crippen LogP contribution in [0.5, 0.6) is 5.75 Å². The molecule has 1 amide bonds. The molecule has 6 nitrogen and oxygen atoms in total. The summed E-state index contributed by atoms with van der Waals surface area (Å²) in [6, 6.07) is 11.6. The van der Waals surface area contributed by atoms with Gasteiger partial charge in [-0.05, 0) is 99.9 Å². The van der Waals surface area contributed by atoms with Crippen LogP contribution < -0.4 is 10.1 Å². The molecule has 1 atom stereocenters. The molecule has 2 aromatic carbocycles. The Balaban J connectivity index is 1.56. The summed E-state index contributed by atoms with van der Waals surface area (Å²) < 4.78 is 17.5. The van der Waals surface area contributed by atoms with Crippen molar-refractivity contribution in [3.8, 4) is 5.75 Å². The highest BCUT2D eigenvalue weighted by Gasteiger charge is 2.31. The van der Waals surface area contributed by atoms with Crippen molar-refractivity contribution in [2.45, 2.75) is 72.4 Å². The first kappa shape index (κ1) is 25.5. The van der Waals surface area contributed by atoms with Crippen molar-refractivity contribution < 1.29 is 23.5 Å². The lowest BCUT2D eigenvalue weighted by Crippen LogP contribution is -2.34. The number of amides is 1. The van der Waals surface area contributed by atoms with Crippen molar-refractivity contribution in [2.75, 3.05) is 6.61 Å². The van der Waals surface area contributed by atoms with E-state index in [1.165, 1.54) is 22.3 Å². The average Bonchev–Trinajstić information content (AvgIpc) is 3.32. The SMILES string of the molecule is CCOC(=O)[C@H](NC(=O)c1ccc(Cc2c(C)c(C)c3c(c2C)CCC(C)(C)O3)o1)c1ccccc1. The Hall–Kier alpha value is -3.54. The van der Waals surface area contributed by atoms with Gasteiger partial charge in [0, 0.05) is 6.42 Å². The van der Waals surface area contributed by atoms with Gasteiger partial charge < -0.3 is 19.2 Å². The molecule has 2 heterocycles. The van der Waals surface area contributed by atoms with Crippen LogP contribution in [0.1, 0.15) is 82.9 Å². The van der Waals surface area contributed by atoms with Gasteiger partial charge in [-0.2, -0.15) is 0 Å². The van der Waals surface area contributed by atoms with Gasteiger partial charge in [0.1, 0.15) is 17.1 Å². The normalized spacial score (nSPS) is 14.9. The molecular formula is C30H35NO5. The molecule has 1 aliphatic heterocycles. The molecular weight excluding hydrogens is 454 g/mol. The number of carbonyl (C=O) groups is 2. The van der Waals surface area contributed by atoms with Gasteiger partial charge in [-0.3, -0.25) is 4.79 Å². The number of nitrogens with one attached hydrogen (secondary N) is 1. The van der Waals surface area contributed by atoms with E-state index >= 15 is 0 Å². The molecule has 6 heteroatoms. The number of fused-ring (bicyclic) bond motifs is 1. The minimum Gasteiger partial charge on any atom is -0.487 e. The number of hydrogen-bond acceptors (Lipinski definition) is 5. The second-order valence-electron chi connectivity index (χ2n) is 10.0. The summed E-state index contributed by atoms with van der Waals surface area (Å²) in [4.78, 5) is 25.6. The lowest BCUT2D eigenvalue weighted by Gasteiger charge is -2.35. The van der Waals surface area contributed by atoms with Crippen LogP contribution in [0.15, 0.2) is 46.9 Å². The second-order valence-corrected chi connectivity index (χ2v) is 10.0. The third-order valence-corrected chi connectivity index (χ3v) is 7.06. The van der Waals surface area contributed by atoms with Gasteiger partial charge in [0.25, 0.3) is 5.91 Å². The van der Waals surface area contributed by atoms with Gasteiger partial charge in [0.05, 0.1) is 6.61 Å². The zero-order valence-electron chi connectivity index (χ0n) is 22.0. The van der Waals surface area contributed by atoms with Crippen LogP contribution in [0.4, 0.5) is 0 Å². The maximum atomic E-state index is 13.0. The molecule has 3 aromatic rings. The molecule has 0 radical (unpaired) electrons. The van der Waals surface area contributed by atoms with E-state index in [1.807, 2.05) is 24.3 Å². The highest BCUT2D eigenvalue weighted by molar-refractivity contribution is 5.95. The van der Waals surface area contributed by atoms with Crippen LogP contribution in [0.3, 0.4) is 0 Å². The lowest BCUT2D eigenvalue weighted by molar-refractivity contribution is -0.145. The van der Waals surface area contributed by atoms with Crippen LogP contribution >= 0.6 is 0 Å². The van der Waals surface area contributed by atoms with Crippen LogP contribution in [0.2, 0.25) is 0 Å². The summed E-state index contributed by atoms with van der Waals surface area (Å²) in [6.45, 7) is 12.6. The largest absolute Gasteiger partial charge is 0.487 e. The van der Waals surface area contributed by atoms with E-state index < -0.39 is 17.9 Å². The van der Waals surface area contributed by atoms with Crippen LogP contribution in [-0.4, -0.2) is 24.1 Å². The fourth-order valence-corrected chi connectivity index (χ4v) is 4.84. The first-order valence-corrected chi connectivity index (χ1v) is 12.5. The summed E-state index contributed by atoms with van der Waals surface area (Å²) in [6.07, 6.45) is 2.52. The van der Waals surface area contributed by atoms with Crippen LogP contribution in [-0.2, 0) is 22.4 Å². The molecule has 0 unspecified atom stereocenters. The quantitative estimate of drug-likeness (QED) is 0.416. The Bertz CT molecular complexity index is 1270. The highest BCUT2D eigenvalue weighted by Crippen LogP contribution is 2.41. The monoisotopic (exact) mass is 489 g/mol. The number of rotatable bonds is 7. The van der Waals surface area contributed by atoms with Gasteiger partial charge in [-0.15, -0.1) is 0 Å². The van der Waals surface area contributed by atoms with E-state index in [0.717, 1.165) is 24.2 Å². The Morgan fingerprint density at radius 1 is 1.03 bits per heavy atom. The van der Waals surface area contributed by atoms with Crippen molar-refractivity contribution in [3.63, 3.8) is 0 Å². The molecule has 190 valence electrons. The predicted molar refractivity (Wildman–Crippen MR) is 138 cm³/mol. The number of furan rings is 1. The third kappa shape index (κ3) is 5.18. The van der Waals surface area contributed by atoms with Crippen molar-refractivity contribution in [2.24, 2.45) is 0 Å². The number of ether oxygens (including phenoxy) is 2. The van der Waals surface area contributed by atoms with Crippen molar-refractivity contribution in [3.05, 3.63) is 87.4 Å². The Kier molecular flexibility index (Phi) is 7.25. The lowest BCUT2D eigenvalue weighted by atomic mass is 9.84. The zero-order valence-corrected chi connectivity index (χ0v) is 22.0. The maximum Gasteiger partial charge on any atom is 0.333 e. The highest BCUT2D eigenvalue weighted by atomic mass is 16.5. The number of esters is 1. The van der Waals surface area contributed by atoms with Gasteiger partial charge in [0.2, 0.25) is 0 Å². The molecule has 1 aliphatic rings. The fourth-order valence-electron chi connectivity index (χ4n) is 4.84. The molecule has 0 aliphatic carbocycles. The summed E-state index contributed by atoms with van der Waals surface area (Å²) >= 11 is 0. The third-order valence-electron chi connectivity index (χ3n) is 7.06. The smallest absolute Gasteiger partial charge is 0.333 e. The van der Waals surface area contributed by atoms with Crippen LogP contribution in [0.25, 0.3) is 0 Å². The van der Waals surface area contributed by atoms with E-state index in [1.54, 1.807) is 25.1 Å². The molecule has 0 bridgehead atoms. The van der Waals surface area contributed by atoms with Gasteiger partial charge in [-0.25, -0.2) is 4.79 Å². The number of benzene rings is 2. The van der Waals surface area contributed by atoms with E-state index in [-0.39, 0.29) is 18.0 Å². The van der Waals surface area contributed by atoms with Gasteiger partial charge in [-0.1, -0.05) is 30.3 Å². The summed E-state index contributed by atoms with van der Waals surface area (Å²) in [5.74, 6) is 0.884. The summed E-state index contributed by atoms with van der Waals surface area (Å²) in [7, 11) is 0. The number of carbonyl (C=O) groups excluding carboxylic acids is 2. The van der Waals surface area contributed by atoms with Crippen molar-refractivity contribution in [1.29, 1.82) is 0 Å². The average molecular weight is 490 g/mol. The summed E-state index contributed by atoms with van der Waals surface area (Å²) in [5.41, 5.74) is 6.50. The Morgan fingerprint density at radius 2 is 1.75 bits per heavy atom. The predicted octanol–water partition coefficient (Wildman–Crippen LogP) is 5.93. The Morgan fingerprint density at radius 3 is 2.44 bits per heavy atom. The molecule has 0 fully saturated rings. The van der Waals surface area contributed by atoms with E-state index in [4.69, 9.17) is 13.9 Å². The van der Waals surface area contributed by atoms with E-state index in [9.17, 15) is 9.59 Å². The van der Waals surface area contributed by atoms with Crippen LogP contribution in [0, 0.1) is 20.8 Å². The molecule has 4 rings (SSSR count).